The second kappa shape index (κ2) is 8.32. The molecular formula is C21H21N3O6S2. The smallest absolute Gasteiger partial charge is 0.279 e. The van der Waals surface area contributed by atoms with Gasteiger partial charge in [0.15, 0.2) is 0 Å². The first-order valence-electron chi connectivity index (χ1n) is 9.55. The molecule has 2 aromatic carbocycles. The first-order valence-corrected chi connectivity index (χ1v) is 12.9. The lowest BCUT2D eigenvalue weighted by Crippen LogP contribution is -2.27. The van der Waals surface area contributed by atoms with E-state index in [1.165, 1.54) is 25.5 Å². The minimum atomic E-state index is -3.97. The number of rotatable bonds is 7. The molecule has 1 aromatic heterocycles. The van der Waals surface area contributed by atoms with Crippen molar-refractivity contribution in [2.24, 2.45) is 5.10 Å². The average molecular weight is 476 g/mol. The summed E-state index contributed by atoms with van der Waals surface area (Å²) in [5.74, 6) is 1.01. The molecule has 11 heteroatoms. The Balaban J connectivity index is 1.70. The molecule has 0 aliphatic carbocycles. The molecule has 32 heavy (non-hydrogen) atoms. The van der Waals surface area contributed by atoms with Crippen LogP contribution in [0.15, 0.2) is 81.3 Å². The van der Waals surface area contributed by atoms with Crippen LogP contribution in [0, 0.1) is 0 Å². The highest BCUT2D eigenvalue weighted by Crippen LogP contribution is 2.37. The zero-order valence-corrected chi connectivity index (χ0v) is 18.9. The van der Waals surface area contributed by atoms with Crippen LogP contribution in [-0.4, -0.2) is 40.3 Å². The van der Waals surface area contributed by atoms with Gasteiger partial charge in [0.2, 0.25) is 10.0 Å². The van der Waals surface area contributed by atoms with Crippen LogP contribution in [0.2, 0.25) is 0 Å². The Morgan fingerprint density at radius 2 is 1.72 bits per heavy atom. The molecule has 2 heterocycles. The highest BCUT2D eigenvalue weighted by atomic mass is 32.2. The molecule has 168 valence electrons. The number of hydrogen-bond acceptors (Lipinski definition) is 7. The van der Waals surface area contributed by atoms with E-state index in [-0.39, 0.29) is 4.90 Å². The van der Waals surface area contributed by atoms with Crippen molar-refractivity contribution in [1.29, 1.82) is 0 Å². The van der Waals surface area contributed by atoms with Gasteiger partial charge >= 0.3 is 0 Å². The normalized spacial score (nSPS) is 16.6. The van der Waals surface area contributed by atoms with Gasteiger partial charge in [-0.15, -0.1) is 0 Å². The van der Waals surface area contributed by atoms with Gasteiger partial charge in [0.25, 0.3) is 10.0 Å². The van der Waals surface area contributed by atoms with Gasteiger partial charge in [-0.3, -0.25) is 4.72 Å². The minimum Gasteiger partial charge on any atom is -0.497 e. The number of sulfonamides is 2. The van der Waals surface area contributed by atoms with Gasteiger partial charge in [0.1, 0.15) is 17.6 Å². The third-order valence-corrected chi connectivity index (χ3v) is 7.17. The van der Waals surface area contributed by atoms with E-state index in [9.17, 15) is 16.8 Å². The molecule has 0 spiro atoms. The first-order chi connectivity index (χ1) is 15.2. The zero-order valence-electron chi connectivity index (χ0n) is 17.3. The van der Waals surface area contributed by atoms with Crippen LogP contribution in [0.5, 0.6) is 5.75 Å². The molecule has 3 aromatic rings. The Morgan fingerprint density at radius 3 is 2.28 bits per heavy atom. The summed E-state index contributed by atoms with van der Waals surface area (Å²) in [7, 11) is -5.87. The number of hydrazone groups is 1. The first kappa shape index (κ1) is 21.9. The minimum absolute atomic E-state index is 0.0764. The number of furan rings is 1. The lowest BCUT2D eigenvalue weighted by molar-refractivity contribution is 0.320. The molecule has 1 aliphatic rings. The van der Waals surface area contributed by atoms with Gasteiger partial charge in [-0.1, -0.05) is 12.1 Å². The second-order valence-corrected chi connectivity index (χ2v) is 10.7. The summed E-state index contributed by atoms with van der Waals surface area (Å²) in [5.41, 5.74) is 1.61. The molecule has 4 rings (SSSR count). The van der Waals surface area contributed by atoms with Gasteiger partial charge in [-0.25, -0.2) is 8.42 Å². The van der Waals surface area contributed by atoms with Crippen molar-refractivity contribution in [2.75, 3.05) is 18.1 Å². The largest absolute Gasteiger partial charge is 0.497 e. The van der Waals surface area contributed by atoms with Crippen LogP contribution in [0.3, 0.4) is 0 Å². The van der Waals surface area contributed by atoms with Crippen molar-refractivity contribution in [3.63, 3.8) is 0 Å². The maximum Gasteiger partial charge on any atom is 0.279 e. The van der Waals surface area contributed by atoms with Gasteiger partial charge in [0, 0.05) is 12.1 Å². The van der Waals surface area contributed by atoms with E-state index in [0.29, 0.717) is 34.9 Å². The fraction of sp³-hybridized carbons (Fsp3) is 0.190. The van der Waals surface area contributed by atoms with Crippen LogP contribution in [0.4, 0.5) is 5.69 Å². The van der Waals surface area contributed by atoms with E-state index >= 15 is 0 Å². The van der Waals surface area contributed by atoms with E-state index in [1.807, 2.05) is 0 Å². The van der Waals surface area contributed by atoms with E-state index in [4.69, 9.17) is 9.15 Å². The quantitative estimate of drug-likeness (QED) is 0.561. The molecule has 0 saturated heterocycles. The molecule has 9 nitrogen and oxygen atoms in total. The lowest BCUT2D eigenvalue weighted by Gasteiger charge is -2.21. The molecule has 1 aliphatic heterocycles. The molecule has 0 amide bonds. The fourth-order valence-electron chi connectivity index (χ4n) is 3.38. The van der Waals surface area contributed by atoms with Crippen molar-refractivity contribution in [2.45, 2.75) is 17.4 Å². The summed E-state index contributed by atoms with van der Waals surface area (Å²) in [5, 5.41) is 4.42. The highest BCUT2D eigenvalue weighted by Gasteiger charge is 2.39. The fourth-order valence-corrected chi connectivity index (χ4v) is 5.36. The molecule has 1 N–H and O–H groups in total. The van der Waals surface area contributed by atoms with Crippen molar-refractivity contribution >= 4 is 31.4 Å². The number of methoxy groups -OCH3 is 1. The van der Waals surface area contributed by atoms with Crippen molar-refractivity contribution in [3.8, 4) is 5.75 Å². The Bertz CT molecular complexity index is 1330. The van der Waals surface area contributed by atoms with Crippen LogP contribution in [0.1, 0.15) is 23.8 Å². The van der Waals surface area contributed by atoms with Gasteiger partial charge < -0.3 is 9.15 Å². The summed E-state index contributed by atoms with van der Waals surface area (Å²) in [4.78, 5) is 0.0764. The number of nitrogens with zero attached hydrogens (tertiary/aromatic N) is 2. The number of nitrogens with one attached hydrogen (secondary N) is 1. The van der Waals surface area contributed by atoms with Crippen LogP contribution >= 0.6 is 0 Å². The maximum absolute atomic E-state index is 13.4. The SMILES string of the molecule is COc1ccc(S(=O)(=O)N2N=C(c3ccc(NS(C)(=O)=O)cc3)C[C@H]2c2ccco2)cc1. The topological polar surface area (TPSA) is 118 Å². The van der Waals surface area contributed by atoms with E-state index < -0.39 is 26.1 Å². The van der Waals surface area contributed by atoms with Crippen LogP contribution in [0.25, 0.3) is 0 Å². The predicted molar refractivity (Wildman–Crippen MR) is 120 cm³/mol. The summed E-state index contributed by atoms with van der Waals surface area (Å²) in [6.45, 7) is 0. The lowest BCUT2D eigenvalue weighted by atomic mass is 10.0. The number of hydrogen-bond donors (Lipinski definition) is 1. The Morgan fingerprint density at radius 1 is 1.03 bits per heavy atom. The summed E-state index contributed by atoms with van der Waals surface area (Å²) in [6.07, 6.45) is 2.84. The van der Waals surface area contributed by atoms with Gasteiger partial charge in [0.05, 0.1) is 30.2 Å². The average Bonchev–Trinajstić information content (AvgIpc) is 3.43. The van der Waals surface area contributed by atoms with Crippen molar-refractivity contribution in [1.82, 2.24) is 4.41 Å². The molecule has 1 atom stereocenters. The van der Waals surface area contributed by atoms with E-state index in [1.54, 1.807) is 48.5 Å². The third kappa shape index (κ3) is 4.48. The third-order valence-electron chi connectivity index (χ3n) is 4.87. The number of anilines is 1. The monoisotopic (exact) mass is 475 g/mol. The van der Waals surface area contributed by atoms with Crippen LogP contribution < -0.4 is 9.46 Å². The van der Waals surface area contributed by atoms with Gasteiger partial charge in [-0.2, -0.15) is 17.9 Å². The second-order valence-electron chi connectivity index (χ2n) is 7.19. The maximum atomic E-state index is 13.4. The number of ether oxygens (including phenoxy) is 1. The van der Waals surface area contributed by atoms with Crippen LogP contribution in [-0.2, 0) is 20.0 Å². The molecular weight excluding hydrogens is 454 g/mol. The van der Waals surface area contributed by atoms with E-state index in [0.717, 1.165) is 10.7 Å². The molecule has 0 unspecified atom stereocenters. The predicted octanol–water partition coefficient (Wildman–Crippen LogP) is 3.20. The Hall–Kier alpha value is -3.31. The molecule has 0 radical (unpaired) electrons. The Kier molecular flexibility index (Phi) is 5.70. The van der Waals surface area contributed by atoms with Crippen molar-refractivity contribution < 1.29 is 26.0 Å². The molecule has 0 bridgehead atoms. The highest BCUT2D eigenvalue weighted by molar-refractivity contribution is 7.92. The molecule has 0 saturated carbocycles. The summed E-state index contributed by atoms with van der Waals surface area (Å²) in [6, 6.07) is 15.4. The number of benzene rings is 2. The Labute approximate surface area is 186 Å². The van der Waals surface area contributed by atoms with Crippen molar-refractivity contribution in [3.05, 3.63) is 78.3 Å². The molecule has 0 fully saturated rings. The summed E-state index contributed by atoms with van der Waals surface area (Å²) >= 11 is 0. The summed E-state index contributed by atoms with van der Waals surface area (Å²) < 4.78 is 63.7. The van der Waals surface area contributed by atoms with Gasteiger partial charge in [-0.05, 0) is 54.1 Å². The standard InChI is InChI=1S/C21H21N3O6S2/c1-29-17-9-11-18(12-10-17)32(27,28)24-20(21-4-3-13-30-21)14-19(22-24)15-5-7-16(8-6-15)23-31(2,25)26/h3-13,20,23H,14H2,1-2H3/t20-/m0/s1. The zero-order chi connectivity index (χ0) is 22.9. The van der Waals surface area contributed by atoms with E-state index in [2.05, 4.69) is 9.82 Å².